The van der Waals surface area contributed by atoms with E-state index in [9.17, 15) is 13.6 Å². The highest BCUT2D eigenvalue weighted by molar-refractivity contribution is 9.10. The van der Waals surface area contributed by atoms with Crippen LogP contribution in [0.3, 0.4) is 0 Å². The summed E-state index contributed by atoms with van der Waals surface area (Å²) in [7, 11) is 0. The number of aromatic amines is 1. The number of hydrogen-bond donors (Lipinski definition) is 2. The summed E-state index contributed by atoms with van der Waals surface area (Å²) in [5.74, 6) is -0.0763. The summed E-state index contributed by atoms with van der Waals surface area (Å²) in [5.41, 5.74) is 3.55. The van der Waals surface area contributed by atoms with Crippen molar-refractivity contribution in [3.05, 3.63) is 63.8 Å². The second-order valence-corrected chi connectivity index (χ2v) is 7.25. The molecule has 142 valence electrons. The monoisotopic (exact) mass is 436 g/mol. The van der Waals surface area contributed by atoms with Crippen LogP contribution in [0.4, 0.5) is 8.78 Å². The maximum Gasteiger partial charge on any atom is 0.387 e. The molecule has 0 aliphatic heterocycles. The van der Waals surface area contributed by atoms with Gasteiger partial charge >= 0.3 is 6.61 Å². The van der Waals surface area contributed by atoms with Gasteiger partial charge in [0.2, 0.25) is 5.91 Å². The van der Waals surface area contributed by atoms with Crippen molar-refractivity contribution in [2.24, 2.45) is 0 Å². The van der Waals surface area contributed by atoms with Crippen LogP contribution in [0.1, 0.15) is 29.8 Å². The summed E-state index contributed by atoms with van der Waals surface area (Å²) in [6, 6.07) is 11.9. The fourth-order valence-electron chi connectivity index (χ4n) is 3.08. The van der Waals surface area contributed by atoms with E-state index in [-0.39, 0.29) is 24.1 Å². The number of ether oxygens (including phenoxy) is 1. The highest BCUT2D eigenvalue weighted by Gasteiger charge is 2.16. The molecule has 0 radical (unpaired) electrons. The van der Waals surface area contributed by atoms with Gasteiger partial charge < -0.3 is 15.0 Å². The first kappa shape index (κ1) is 19.4. The summed E-state index contributed by atoms with van der Waals surface area (Å²) in [4.78, 5) is 15.8. The number of carbonyl (C=O) groups is 1. The van der Waals surface area contributed by atoms with Crippen LogP contribution in [0.15, 0.2) is 46.9 Å². The third-order valence-electron chi connectivity index (χ3n) is 4.38. The molecule has 3 aromatic rings. The Hall–Kier alpha value is -2.41. The van der Waals surface area contributed by atoms with Gasteiger partial charge in [-0.1, -0.05) is 28.1 Å². The first-order chi connectivity index (χ1) is 12.8. The average molecular weight is 437 g/mol. The van der Waals surface area contributed by atoms with Crippen molar-refractivity contribution < 1.29 is 18.3 Å². The second-order valence-electron chi connectivity index (χ2n) is 6.34. The SMILES string of the molecule is Cc1[nH]c2ccc(Br)cc2c1CC(=O)NC(C)c1cccc(OC(F)F)c1. The molecule has 1 amide bonds. The molecular weight excluding hydrogens is 418 g/mol. The standard InChI is InChI=1S/C20H19BrF2N2O2/c1-11(13-4-3-5-15(8-13)27-20(22)23)25-19(26)10-16-12(2)24-18-7-6-14(21)9-17(16)18/h3-9,11,20,24H,10H2,1-2H3,(H,25,26). The van der Waals surface area contributed by atoms with E-state index in [1.165, 1.54) is 12.1 Å². The van der Waals surface area contributed by atoms with Crippen LogP contribution in [0, 0.1) is 6.92 Å². The number of carbonyl (C=O) groups excluding carboxylic acids is 1. The van der Waals surface area contributed by atoms with Gasteiger partial charge in [0.15, 0.2) is 0 Å². The van der Waals surface area contributed by atoms with Crippen LogP contribution < -0.4 is 10.1 Å². The quantitative estimate of drug-likeness (QED) is 0.553. The number of hydrogen-bond acceptors (Lipinski definition) is 2. The van der Waals surface area contributed by atoms with Crippen LogP contribution in [0.2, 0.25) is 0 Å². The van der Waals surface area contributed by atoms with Crippen molar-refractivity contribution in [3.8, 4) is 5.75 Å². The molecule has 1 unspecified atom stereocenters. The number of aromatic nitrogens is 1. The van der Waals surface area contributed by atoms with Gasteiger partial charge in [0, 0.05) is 21.1 Å². The zero-order valence-electron chi connectivity index (χ0n) is 14.9. The number of H-pyrrole nitrogens is 1. The van der Waals surface area contributed by atoms with Crippen LogP contribution >= 0.6 is 15.9 Å². The van der Waals surface area contributed by atoms with Crippen molar-refractivity contribution in [1.29, 1.82) is 0 Å². The highest BCUT2D eigenvalue weighted by Crippen LogP contribution is 2.26. The summed E-state index contributed by atoms with van der Waals surface area (Å²) in [5, 5.41) is 3.91. The fraction of sp³-hybridized carbons (Fsp3) is 0.250. The minimum absolute atomic E-state index is 0.0703. The lowest BCUT2D eigenvalue weighted by Gasteiger charge is -2.16. The van der Waals surface area contributed by atoms with Crippen LogP contribution in [0.25, 0.3) is 10.9 Å². The van der Waals surface area contributed by atoms with Gasteiger partial charge in [0.05, 0.1) is 12.5 Å². The Morgan fingerprint density at radius 1 is 1.26 bits per heavy atom. The number of alkyl halides is 2. The Morgan fingerprint density at radius 3 is 2.78 bits per heavy atom. The van der Waals surface area contributed by atoms with Crippen molar-refractivity contribution in [1.82, 2.24) is 10.3 Å². The Labute approximate surface area is 164 Å². The Morgan fingerprint density at radius 2 is 2.04 bits per heavy atom. The smallest absolute Gasteiger partial charge is 0.387 e. The minimum atomic E-state index is -2.88. The molecule has 0 fully saturated rings. The van der Waals surface area contributed by atoms with E-state index in [0.717, 1.165) is 26.6 Å². The summed E-state index contributed by atoms with van der Waals surface area (Å²) in [6.07, 6.45) is 0.222. The molecule has 2 N–H and O–H groups in total. The molecule has 3 rings (SSSR count). The second kappa shape index (κ2) is 8.08. The van der Waals surface area contributed by atoms with Gasteiger partial charge in [0.1, 0.15) is 5.75 Å². The zero-order chi connectivity index (χ0) is 19.6. The molecule has 27 heavy (non-hydrogen) atoms. The molecule has 0 bridgehead atoms. The molecule has 0 spiro atoms. The average Bonchev–Trinajstić information content (AvgIpc) is 2.89. The third kappa shape index (κ3) is 4.66. The first-order valence-corrected chi connectivity index (χ1v) is 9.23. The van der Waals surface area contributed by atoms with Gasteiger partial charge in [-0.25, -0.2) is 0 Å². The zero-order valence-corrected chi connectivity index (χ0v) is 16.4. The van der Waals surface area contributed by atoms with Crippen molar-refractivity contribution >= 4 is 32.7 Å². The number of benzene rings is 2. The number of aryl methyl sites for hydroxylation is 1. The number of amides is 1. The lowest BCUT2D eigenvalue weighted by Crippen LogP contribution is -2.28. The Kier molecular flexibility index (Phi) is 5.79. The van der Waals surface area contributed by atoms with E-state index in [1.54, 1.807) is 19.1 Å². The third-order valence-corrected chi connectivity index (χ3v) is 4.87. The number of nitrogens with one attached hydrogen (secondary N) is 2. The molecule has 1 heterocycles. The maximum atomic E-state index is 12.5. The Balaban J connectivity index is 1.73. The molecule has 0 aliphatic rings. The Bertz CT molecular complexity index is 972. The van der Waals surface area contributed by atoms with E-state index in [2.05, 4.69) is 31.0 Å². The van der Waals surface area contributed by atoms with E-state index < -0.39 is 6.61 Å². The molecule has 2 aromatic carbocycles. The van der Waals surface area contributed by atoms with Gasteiger partial charge in [-0.2, -0.15) is 8.78 Å². The first-order valence-electron chi connectivity index (χ1n) is 8.44. The van der Waals surface area contributed by atoms with Gasteiger partial charge in [-0.15, -0.1) is 0 Å². The predicted octanol–water partition coefficient (Wildman–Crippen LogP) is 5.26. The summed E-state index contributed by atoms with van der Waals surface area (Å²) >= 11 is 3.46. The highest BCUT2D eigenvalue weighted by atomic mass is 79.9. The normalized spacial score (nSPS) is 12.4. The van der Waals surface area contributed by atoms with E-state index >= 15 is 0 Å². The van der Waals surface area contributed by atoms with Gasteiger partial charge in [-0.3, -0.25) is 4.79 Å². The van der Waals surface area contributed by atoms with Crippen molar-refractivity contribution in [3.63, 3.8) is 0 Å². The number of fused-ring (bicyclic) bond motifs is 1. The fourth-order valence-corrected chi connectivity index (χ4v) is 3.44. The molecule has 4 nitrogen and oxygen atoms in total. The van der Waals surface area contributed by atoms with Crippen LogP contribution in [0.5, 0.6) is 5.75 Å². The molecule has 1 aromatic heterocycles. The van der Waals surface area contributed by atoms with Gasteiger partial charge in [0.25, 0.3) is 0 Å². The predicted molar refractivity (Wildman–Crippen MR) is 104 cm³/mol. The largest absolute Gasteiger partial charge is 0.435 e. The molecule has 0 saturated carbocycles. The van der Waals surface area contributed by atoms with Crippen LogP contribution in [-0.4, -0.2) is 17.5 Å². The molecule has 0 saturated heterocycles. The number of rotatable bonds is 6. The minimum Gasteiger partial charge on any atom is -0.435 e. The molecule has 1 atom stereocenters. The van der Waals surface area contributed by atoms with Crippen molar-refractivity contribution in [2.45, 2.75) is 32.9 Å². The topological polar surface area (TPSA) is 54.1 Å². The summed E-state index contributed by atoms with van der Waals surface area (Å²) in [6.45, 7) is 0.859. The van der Waals surface area contributed by atoms with E-state index in [4.69, 9.17) is 0 Å². The number of halogens is 3. The van der Waals surface area contributed by atoms with E-state index in [1.807, 2.05) is 25.1 Å². The van der Waals surface area contributed by atoms with Crippen molar-refractivity contribution in [2.75, 3.05) is 0 Å². The summed E-state index contributed by atoms with van der Waals surface area (Å²) < 4.78 is 30.1. The van der Waals surface area contributed by atoms with Gasteiger partial charge in [-0.05, 0) is 55.3 Å². The molecular formula is C20H19BrF2N2O2. The lowest BCUT2D eigenvalue weighted by molar-refractivity contribution is -0.121. The molecule has 0 aliphatic carbocycles. The van der Waals surface area contributed by atoms with E-state index in [0.29, 0.717) is 5.56 Å². The lowest BCUT2D eigenvalue weighted by atomic mass is 10.1. The maximum absolute atomic E-state index is 12.5. The molecule has 7 heteroatoms. The van der Waals surface area contributed by atoms with Crippen LogP contribution in [-0.2, 0) is 11.2 Å².